The molecule has 3 rings (SSSR count). The van der Waals surface area contributed by atoms with Gasteiger partial charge in [0.15, 0.2) is 0 Å². The van der Waals surface area contributed by atoms with Crippen molar-refractivity contribution in [3.63, 3.8) is 0 Å². The fourth-order valence-corrected chi connectivity index (χ4v) is 3.04. The highest BCUT2D eigenvalue weighted by molar-refractivity contribution is 5.84. The molecule has 0 unspecified atom stereocenters. The predicted molar refractivity (Wildman–Crippen MR) is 88.7 cm³/mol. The van der Waals surface area contributed by atoms with Crippen LogP contribution in [0.15, 0.2) is 48.5 Å². The van der Waals surface area contributed by atoms with Gasteiger partial charge in [0.25, 0.3) is 0 Å². The van der Waals surface area contributed by atoms with Gasteiger partial charge in [-0.15, -0.1) is 0 Å². The van der Waals surface area contributed by atoms with Crippen LogP contribution in [-0.4, -0.2) is 37.1 Å². The van der Waals surface area contributed by atoms with Gasteiger partial charge in [0, 0.05) is 13.0 Å². The summed E-state index contributed by atoms with van der Waals surface area (Å²) < 4.78 is 11.1. The van der Waals surface area contributed by atoms with Crippen LogP contribution in [0.2, 0.25) is 0 Å². The first-order valence-corrected chi connectivity index (χ1v) is 7.68. The number of hydrogen-bond acceptors (Lipinski definition) is 3. The zero-order valence-electron chi connectivity index (χ0n) is 13.0. The zero-order chi connectivity index (χ0) is 15.5. The maximum absolute atomic E-state index is 10.3. The van der Waals surface area contributed by atoms with Crippen LogP contribution in [0.25, 0.3) is 16.8 Å². The molecule has 3 heteroatoms. The predicted octanol–water partition coefficient (Wildman–Crippen LogP) is 3.26. The van der Waals surface area contributed by atoms with Crippen LogP contribution in [0.1, 0.15) is 12.5 Å². The quantitative estimate of drug-likeness (QED) is 0.945. The largest absolute Gasteiger partial charge is 0.387 e. The number of rotatable bonds is 3. The Morgan fingerprint density at radius 1 is 1.18 bits per heavy atom. The van der Waals surface area contributed by atoms with E-state index in [-0.39, 0.29) is 18.1 Å². The highest BCUT2D eigenvalue weighted by Gasteiger charge is 2.36. The molecule has 0 spiro atoms. The average Bonchev–Trinajstić information content (AvgIpc) is 2.54. The Hall–Kier alpha value is -1.68. The molecule has 1 fully saturated rings. The van der Waals surface area contributed by atoms with Crippen LogP contribution < -0.4 is 0 Å². The van der Waals surface area contributed by atoms with Crippen molar-refractivity contribution in [1.82, 2.24) is 0 Å². The summed E-state index contributed by atoms with van der Waals surface area (Å²) in [4.78, 5) is 0. The number of methoxy groups -OCH3 is 1. The molecule has 3 nitrogen and oxygen atoms in total. The third-order valence-electron chi connectivity index (χ3n) is 4.31. The minimum Gasteiger partial charge on any atom is -0.387 e. The van der Waals surface area contributed by atoms with E-state index in [0.29, 0.717) is 6.61 Å². The summed E-state index contributed by atoms with van der Waals surface area (Å²) in [5.41, 5.74) is 1.10. The second-order valence-electron chi connectivity index (χ2n) is 5.93. The Kier molecular flexibility index (Phi) is 4.57. The van der Waals surface area contributed by atoms with E-state index in [1.807, 2.05) is 31.2 Å². The van der Waals surface area contributed by atoms with E-state index in [4.69, 9.17) is 9.47 Å². The van der Waals surface area contributed by atoms with Gasteiger partial charge in [0.05, 0.1) is 12.7 Å². The molecule has 1 saturated heterocycles. The molecule has 2 aromatic rings. The lowest BCUT2D eigenvalue weighted by atomic mass is 9.93. The fraction of sp³-hybridized carbons (Fsp3) is 0.368. The van der Waals surface area contributed by atoms with Gasteiger partial charge in [0.2, 0.25) is 0 Å². The highest BCUT2D eigenvalue weighted by atomic mass is 16.5. The molecule has 1 N–H and O–H groups in total. The van der Waals surface area contributed by atoms with Gasteiger partial charge in [-0.25, -0.2) is 0 Å². The monoisotopic (exact) mass is 298 g/mol. The first-order chi connectivity index (χ1) is 10.7. The molecule has 0 aliphatic carbocycles. The van der Waals surface area contributed by atoms with Gasteiger partial charge < -0.3 is 14.6 Å². The summed E-state index contributed by atoms with van der Waals surface area (Å²) in [6.07, 6.45) is 2.79. The number of ether oxygens (including phenoxy) is 2. The number of benzene rings is 2. The van der Waals surface area contributed by atoms with Crippen molar-refractivity contribution >= 4 is 16.8 Å². The number of fused-ring (bicyclic) bond motifs is 1. The third kappa shape index (κ3) is 3.07. The van der Waals surface area contributed by atoms with Crippen LogP contribution in [0, 0.1) is 5.92 Å². The van der Waals surface area contributed by atoms with Crippen molar-refractivity contribution in [2.45, 2.75) is 25.2 Å². The molecule has 0 amide bonds. The Bertz CT molecular complexity index is 665. The number of aliphatic hydroxyl groups is 1. The standard InChI is InChI=1S/C19H22O3/c1-13-12-22-17(18(20)19(13)21-2)10-8-14-7-9-15-5-3-4-6-16(15)11-14/h3-11,13,17-20H,12H2,1-2H3/t13-,17-,18-,19-/m0/s1. The van der Waals surface area contributed by atoms with Gasteiger partial charge in [0.1, 0.15) is 12.2 Å². The molecule has 0 radical (unpaired) electrons. The van der Waals surface area contributed by atoms with Crippen LogP contribution >= 0.6 is 0 Å². The van der Waals surface area contributed by atoms with Crippen LogP contribution in [0.4, 0.5) is 0 Å². The molecular formula is C19H22O3. The van der Waals surface area contributed by atoms with E-state index in [0.717, 1.165) is 5.56 Å². The second kappa shape index (κ2) is 6.61. The Labute approximate surface area is 131 Å². The second-order valence-corrected chi connectivity index (χ2v) is 5.93. The lowest BCUT2D eigenvalue weighted by molar-refractivity contribution is -0.154. The Balaban J connectivity index is 1.77. The van der Waals surface area contributed by atoms with E-state index in [1.54, 1.807) is 7.11 Å². The maximum atomic E-state index is 10.3. The molecule has 0 aromatic heterocycles. The molecule has 1 aliphatic heterocycles. The van der Waals surface area contributed by atoms with Crippen molar-refractivity contribution in [2.75, 3.05) is 13.7 Å². The van der Waals surface area contributed by atoms with Gasteiger partial charge in [-0.2, -0.15) is 0 Å². The van der Waals surface area contributed by atoms with Crippen LogP contribution in [0.5, 0.6) is 0 Å². The van der Waals surface area contributed by atoms with Crippen molar-refractivity contribution < 1.29 is 14.6 Å². The zero-order valence-corrected chi connectivity index (χ0v) is 13.0. The van der Waals surface area contributed by atoms with Gasteiger partial charge in [-0.3, -0.25) is 0 Å². The molecular weight excluding hydrogens is 276 g/mol. The minimum absolute atomic E-state index is 0.181. The van der Waals surface area contributed by atoms with Crippen molar-refractivity contribution in [3.8, 4) is 0 Å². The molecule has 0 saturated carbocycles. The maximum Gasteiger partial charge on any atom is 0.110 e. The van der Waals surface area contributed by atoms with Gasteiger partial charge in [-0.05, 0) is 22.4 Å². The lowest BCUT2D eigenvalue weighted by Gasteiger charge is -2.36. The molecule has 0 bridgehead atoms. The first kappa shape index (κ1) is 15.2. The van der Waals surface area contributed by atoms with E-state index >= 15 is 0 Å². The van der Waals surface area contributed by atoms with E-state index in [1.165, 1.54) is 10.8 Å². The molecule has 22 heavy (non-hydrogen) atoms. The van der Waals surface area contributed by atoms with Crippen molar-refractivity contribution in [2.24, 2.45) is 5.92 Å². The Morgan fingerprint density at radius 2 is 1.95 bits per heavy atom. The summed E-state index contributed by atoms with van der Waals surface area (Å²) >= 11 is 0. The molecule has 4 atom stereocenters. The van der Waals surface area contributed by atoms with Crippen LogP contribution in [0.3, 0.4) is 0 Å². The molecule has 1 heterocycles. The summed E-state index contributed by atoms with van der Waals surface area (Å²) in [6, 6.07) is 14.6. The summed E-state index contributed by atoms with van der Waals surface area (Å²) in [7, 11) is 1.64. The van der Waals surface area contributed by atoms with E-state index < -0.39 is 6.10 Å². The third-order valence-corrected chi connectivity index (χ3v) is 4.31. The number of hydrogen-bond donors (Lipinski definition) is 1. The minimum atomic E-state index is -0.634. The summed E-state index contributed by atoms with van der Waals surface area (Å²) in [6.45, 7) is 2.63. The van der Waals surface area contributed by atoms with Gasteiger partial charge in [-0.1, -0.05) is 55.5 Å². The molecule has 116 valence electrons. The first-order valence-electron chi connectivity index (χ1n) is 7.68. The van der Waals surface area contributed by atoms with E-state index in [9.17, 15) is 5.11 Å². The van der Waals surface area contributed by atoms with Crippen LogP contribution in [-0.2, 0) is 9.47 Å². The summed E-state index contributed by atoms with van der Waals surface area (Å²) in [5, 5.41) is 12.8. The number of aliphatic hydroxyl groups excluding tert-OH is 1. The van der Waals surface area contributed by atoms with Gasteiger partial charge >= 0.3 is 0 Å². The highest BCUT2D eigenvalue weighted by Crippen LogP contribution is 2.24. The lowest BCUT2D eigenvalue weighted by Crippen LogP contribution is -2.49. The van der Waals surface area contributed by atoms with Crippen molar-refractivity contribution in [3.05, 3.63) is 54.1 Å². The smallest absolute Gasteiger partial charge is 0.110 e. The summed E-state index contributed by atoms with van der Waals surface area (Å²) in [5.74, 6) is 0.199. The molecule has 1 aliphatic rings. The normalized spacial score (nSPS) is 29.2. The van der Waals surface area contributed by atoms with E-state index in [2.05, 4.69) is 30.3 Å². The molecule has 2 aromatic carbocycles. The Morgan fingerprint density at radius 3 is 2.73 bits per heavy atom. The SMILES string of the molecule is CO[C@@H]1[C@@H](O)[C@H](C=Cc2ccc3ccccc3c2)OC[C@@H]1C. The van der Waals surface area contributed by atoms with Crippen molar-refractivity contribution in [1.29, 1.82) is 0 Å². The topological polar surface area (TPSA) is 38.7 Å². The fourth-order valence-electron chi connectivity index (χ4n) is 3.04. The average molecular weight is 298 g/mol.